The lowest BCUT2D eigenvalue weighted by molar-refractivity contribution is -0.122. The van der Waals surface area contributed by atoms with Crippen molar-refractivity contribution in [3.05, 3.63) is 41.4 Å². The Hall–Kier alpha value is -1.43. The maximum absolute atomic E-state index is 11.7. The van der Waals surface area contributed by atoms with Crippen LogP contribution in [0.25, 0.3) is 10.6 Å². The van der Waals surface area contributed by atoms with E-state index in [-0.39, 0.29) is 18.3 Å². The number of amides is 1. The minimum absolute atomic E-state index is 0. The molecule has 1 unspecified atom stereocenters. The maximum Gasteiger partial charge on any atom is 0.236 e. The molecule has 4 nitrogen and oxygen atoms in total. The van der Waals surface area contributed by atoms with Crippen molar-refractivity contribution < 1.29 is 4.79 Å². The Morgan fingerprint density at radius 2 is 2.09 bits per heavy atom. The van der Waals surface area contributed by atoms with Gasteiger partial charge in [0.25, 0.3) is 0 Å². The fourth-order valence-electron chi connectivity index (χ4n) is 2.02. The van der Waals surface area contributed by atoms with Crippen molar-refractivity contribution in [2.45, 2.75) is 32.2 Å². The quantitative estimate of drug-likeness (QED) is 0.814. The van der Waals surface area contributed by atoms with E-state index in [4.69, 9.17) is 5.73 Å². The van der Waals surface area contributed by atoms with Gasteiger partial charge < -0.3 is 11.1 Å². The number of hydrogen-bond acceptors (Lipinski definition) is 4. The van der Waals surface area contributed by atoms with Gasteiger partial charge in [-0.3, -0.25) is 4.79 Å². The molecule has 0 aliphatic rings. The van der Waals surface area contributed by atoms with E-state index >= 15 is 0 Å². The number of nitrogens with one attached hydrogen (secondary N) is 1. The van der Waals surface area contributed by atoms with Crippen LogP contribution in [0.4, 0.5) is 0 Å². The van der Waals surface area contributed by atoms with Crippen molar-refractivity contribution >= 4 is 29.7 Å². The Morgan fingerprint density at radius 3 is 2.77 bits per heavy atom. The number of halogens is 1. The number of benzene rings is 1. The van der Waals surface area contributed by atoms with E-state index in [1.165, 1.54) is 0 Å². The van der Waals surface area contributed by atoms with E-state index in [1.54, 1.807) is 11.3 Å². The molecule has 0 aliphatic carbocycles. The monoisotopic (exact) mass is 339 g/mol. The first-order chi connectivity index (χ1) is 10.2. The number of rotatable bonds is 7. The number of thiazole rings is 1. The first-order valence-electron chi connectivity index (χ1n) is 7.23. The average Bonchev–Trinajstić information content (AvgIpc) is 2.97. The van der Waals surface area contributed by atoms with Crippen LogP contribution in [0.15, 0.2) is 35.7 Å². The summed E-state index contributed by atoms with van der Waals surface area (Å²) in [6.07, 6.45) is 2.37. The highest BCUT2D eigenvalue weighted by atomic mass is 35.5. The van der Waals surface area contributed by atoms with Crippen molar-refractivity contribution in [1.29, 1.82) is 0 Å². The number of carbonyl (C=O) groups is 1. The molecule has 0 spiro atoms. The van der Waals surface area contributed by atoms with Gasteiger partial charge in [-0.05, 0) is 6.42 Å². The zero-order valence-electron chi connectivity index (χ0n) is 12.6. The zero-order valence-corrected chi connectivity index (χ0v) is 14.3. The van der Waals surface area contributed by atoms with Gasteiger partial charge in [0.05, 0.1) is 11.7 Å². The van der Waals surface area contributed by atoms with Crippen LogP contribution in [-0.2, 0) is 11.2 Å². The van der Waals surface area contributed by atoms with Gasteiger partial charge >= 0.3 is 0 Å². The fourth-order valence-corrected chi connectivity index (χ4v) is 2.88. The molecule has 0 bridgehead atoms. The topological polar surface area (TPSA) is 68.0 Å². The molecular weight excluding hydrogens is 318 g/mol. The standard InChI is InChI=1S/C16H21N3OS.ClH/c1-2-6-14(17)15(20)18-10-9-13-11-21-16(19-13)12-7-4-3-5-8-12;/h3-5,7-8,11,14H,2,6,9-10,17H2,1H3,(H,18,20);1H. The summed E-state index contributed by atoms with van der Waals surface area (Å²) in [5, 5.41) is 5.92. The Bertz CT molecular complexity index is 574. The summed E-state index contributed by atoms with van der Waals surface area (Å²) in [5.41, 5.74) is 7.89. The Balaban J connectivity index is 0.00000242. The van der Waals surface area contributed by atoms with E-state index in [0.29, 0.717) is 6.54 Å². The Labute approximate surface area is 141 Å². The van der Waals surface area contributed by atoms with Crippen molar-refractivity contribution in [2.24, 2.45) is 5.73 Å². The van der Waals surface area contributed by atoms with E-state index in [1.807, 2.05) is 42.6 Å². The number of hydrogen-bond donors (Lipinski definition) is 2. The second kappa shape index (κ2) is 9.56. The molecule has 1 aromatic heterocycles. The largest absolute Gasteiger partial charge is 0.354 e. The highest BCUT2D eigenvalue weighted by molar-refractivity contribution is 7.13. The van der Waals surface area contributed by atoms with Gasteiger partial charge in [-0.15, -0.1) is 23.7 Å². The van der Waals surface area contributed by atoms with Gasteiger partial charge in [-0.25, -0.2) is 4.98 Å². The van der Waals surface area contributed by atoms with Gasteiger partial charge in [0.2, 0.25) is 5.91 Å². The fraction of sp³-hybridized carbons (Fsp3) is 0.375. The summed E-state index contributed by atoms with van der Waals surface area (Å²) in [7, 11) is 0. The third-order valence-electron chi connectivity index (χ3n) is 3.19. The second-order valence-corrected chi connectivity index (χ2v) is 5.80. The predicted octanol–water partition coefficient (Wildman–Crippen LogP) is 3.02. The molecule has 2 rings (SSSR count). The van der Waals surface area contributed by atoms with Crippen molar-refractivity contribution in [3.8, 4) is 10.6 Å². The number of carbonyl (C=O) groups excluding carboxylic acids is 1. The van der Waals surface area contributed by atoms with E-state index in [0.717, 1.165) is 35.5 Å². The number of aromatic nitrogens is 1. The van der Waals surface area contributed by atoms with Crippen LogP contribution >= 0.6 is 23.7 Å². The average molecular weight is 340 g/mol. The molecule has 120 valence electrons. The third kappa shape index (κ3) is 5.40. The highest BCUT2D eigenvalue weighted by Crippen LogP contribution is 2.23. The van der Waals surface area contributed by atoms with Gasteiger partial charge in [0.1, 0.15) is 5.01 Å². The van der Waals surface area contributed by atoms with Crippen LogP contribution in [-0.4, -0.2) is 23.5 Å². The third-order valence-corrected chi connectivity index (χ3v) is 4.13. The number of nitrogens with two attached hydrogens (primary N) is 1. The highest BCUT2D eigenvalue weighted by Gasteiger charge is 2.11. The van der Waals surface area contributed by atoms with Gasteiger partial charge in [0, 0.05) is 23.9 Å². The van der Waals surface area contributed by atoms with Crippen LogP contribution < -0.4 is 11.1 Å². The van der Waals surface area contributed by atoms with E-state index in [9.17, 15) is 4.79 Å². The second-order valence-electron chi connectivity index (χ2n) is 4.95. The molecule has 1 amide bonds. The summed E-state index contributed by atoms with van der Waals surface area (Å²) in [4.78, 5) is 16.3. The summed E-state index contributed by atoms with van der Waals surface area (Å²) < 4.78 is 0. The van der Waals surface area contributed by atoms with E-state index < -0.39 is 6.04 Å². The van der Waals surface area contributed by atoms with Crippen LogP contribution in [0.2, 0.25) is 0 Å². The van der Waals surface area contributed by atoms with Gasteiger partial charge in [-0.1, -0.05) is 43.7 Å². The molecule has 6 heteroatoms. The van der Waals surface area contributed by atoms with Crippen molar-refractivity contribution in [3.63, 3.8) is 0 Å². The summed E-state index contributed by atoms with van der Waals surface area (Å²) in [5.74, 6) is -0.0737. The molecule has 0 aliphatic heterocycles. The first-order valence-corrected chi connectivity index (χ1v) is 8.11. The van der Waals surface area contributed by atoms with Crippen LogP contribution in [0, 0.1) is 0 Å². The molecule has 3 N–H and O–H groups in total. The smallest absolute Gasteiger partial charge is 0.236 e. The molecule has 0 radical (unpaired) electrons. The molecule has 0 saturated carbocycles. The SMILES string of the molecule is CCCC(N)C(=O)NCCc1csc(-c2ccccc2)n1.Cl. The molecule has 1 atom stereocenters. The van der Waals surface area contributed by atoms with Crippen LogP contribution in [0.5, 0.6) is 0 Å². The first kappa shape index (κ1) is 18.6. The summed E-state index contributed by atoms with van der Waals surface area (Å²) in [6.45, 7) is 2.60. The van der Waals surface area contributed by atoms with Gasteiger partial charge in [0.15, 0.2) is 0 Å². The Kier molecular flexibility index (Phi) is 8.09. The summed E-state index contributed by atoms with van der Waals surface area (Å²) in [6, 6.07) is 9.71. The molecule has 1 aromatic carbocycles. The predicted molar refractivity (Wildman–Crippen MR) is 94.4 cm³/mol. The van der Waals surface area contributed by atoms with E-state index in [2.05, 4.69) is 10.3 Å². The lowest BCUT2D eigenvalue weighted by Gasteiger charge is -2.10. The van der Waals surface area contributed by atoms with Gasteiger partial charge in [-0.2, -0.15) is 0 Å². The lowest BCUT2D eigenvalue weighted by Crippen LogP contribution is -2.41. The molecule has 22 heavy (non-hydrogen) atoms. The van der Waals surface area contributed by atoms with Crippen molar-refractivity contribution in [1.82, 2.24) is 10.3 Å². The zero-order chi connectivity index (χ0) is 15.1. The maximum atomic E-state index is 11.7. The molecular formula is C16H22ClN3OS. The minimum Gasteiger partial charge on any atom is -0.354 e. The Morgan fingerprint density at radius 1 is 1.36 bits per heavy atom. The molecule has 1 heterocycles. The number of nitrogens with zero attached hydrogens (tertiary/aromatic N) is 1. The van der Waals surface area contributed by atoms with Crippen LogP contribution in [0.3, 0.4) is 0 Å². The normalized spacial score (nSPS) is 11.5. The van der Waals surface area contributed by atoms with Crippen LogP contribution in [0.1, 0.15) is 25.5 Å². The molecule has 0 saturated heterocycles. The van der Waals surface area contributed by atoms with Crippen molar-refractivity contribution in [2.75, 3.05) is 6.54 Å². The lowest BCUT2D eigenvalue weighted by atomic mass is 10.1. The minimum atomic E-state index is -0.398. The summed E-state index contributed by atoms with van der Waals surface area (Å²) >= 11 is 1.63. The molecule has 0 fully saturated rings. The molecule has 2 aromatic rings.